The molecule has 1 amide bonds. The van der Waals surface area contributed by atoms with Crippen LogP contribution in [-0.4, -0.2) is 42.4 Å². The zero-order valence-corrected chi connectivity index (χ0v) is 16.8. The van der Waals surface area contributed by atoms with E-state index in [1.165, 1.54) is 17.0 Å². The van der Waals surface area contributed by atoms with Crippen LogP contribution in [0.2, 0.25) is 0 Å². The van der Waals surface area contributed by atoms with Crippen LogP contribution in [0.1, 0.15) is 23.5 Å². The van der Waals surface area contributed by atoms with Crippen LogP contribution in [0.3, 0.4) is 0 Å². The Hall–Kier alpha value is -3.12. The predicted octanol–water partition coefficient (Wildman–Crippen LogP) is 5.04. The molecule has 3 aromatic carbocycles. The van der Waals surface area contributed by atoms with Gasteiger partial charge in [0.15, 0.2) is 0 Å². The zero-order chi connectivity index (χ0) is 21.1. The molecule has 0 aliphatic carbocycles. The largest absolute Gasteiger partial charge is 0.496 e. The molecule has 0 radical (unpaired) electrons. The Morgan fingerprint density at radius 3 is 2.70 bits per heavy atom. The Morgan fingerprint density at radius 1 is 1.17 bits per heavy atom. The molecule has 2 atom stereocenters. The number of methoxy groups -OCH3 is 1. The molecule has 1 N–H and O–H groups in total. The van der Waals surface area contributed by atoms with Crippen LogP contribution in [0, 0.1) is 5.82 Å². The Kier molecular flexibility index (Phi) is 5.86. The van der Waals surface area contributed by atoms with Gasteiger partial charge in [-0.3, -0.25) is 0 Å². The van der Waals surface area contributed by atoms with Crippen LogP contribution < -0.4 is 4.74 Å². The molecule has 4 rings (SSSR count). The summed E-state index contributed by atoms with van der Waals surface area (Å²) >= 11 is 0. The van der Waals surface area contributed by atoms with Gasteiger partial charge in [-0.1, -0.05) is 36.4 Å². The summed E-state index contributed by atoms with van der Waals surface area (Å²) < 4.78 is 25.0. The average Bonchev–Trinajstić information content (AvgIpc) is 2.77. The number of hydrogen-bond donors (Lipinski definition) is 1. The number of benzene rings is 3. The van der Waals surface area contributed by atoms with Crippen molar-refractivity contribution in [2.75, 3.05) is 20.2 Å². The molecule has 0 spiro atoms. The molecule has 0 aromatic heterocycles. The number of likely N-dealkylation sites (tertiary alicyclic amines) is 1. The van der Waals surface area contributed by atoms with Gasteiger partial charge in [-0.05, 0) is 47.2 Å². The first kappa shape index (κ1) is 20.2. The van der Waals surface area contributed by atoms with Crippen LogP contribution in [0.5, 0.6) is 5.75 Å². The minimum absolute atomic E-state index is 0.0104. The molecule has 30 heavy (non-hydrogen) atoms. The average molecular weight is 409 g/mol. The molecule has 156 valence electrons. The van der Waals surface area contributed by atoms with E-state index < -0.39 is 6.09 Å². The summed E-state index contributed by atoms with van der Waals surface area (Å²) in [5.74, 6) is 0.522. The number of rotatable bonds is 5. The van der Waals surface area contributed by atoms with Crippen LogP contribution in [0.25, 0.3) is 10.8 Å². The Morgan fingerprint density at radius 2 is 1.97 bits per heavy atom. The zero-order valence-electron chi connectivity index (χ0n) is 16.8. The summed E-state index contributed by atoms with van der Waals surface area (Å²) in [6, 6.07) is 18.4. The lowest BCUT2D eigenvalue weighted by Crippen LogP contribution is -2.46. The van der Waals surface area contributed by atoms with E-state index in [1.807, 2.05) is 36.4 Å². The molecule has 1 saturated heterocycles. The lowest BCUT2D eigenvalue weighted by molar-refractivity contribution is -0.0199. The lowest BCUT2D eigenvalue weighted by Gasteiger charge is -2.37. The molecular formula is C24H24FNO4. The van der Waals surface area contributed by atoms with E-state index >= 15 is 0 Å². The minimum atomic E-state index is -0.948. The quantitative estimate of drug-likeness (QED) is 0.641. The van der Waals surface area contributed by atoms with Gasteiger partial charge in [0, 0.05) is 17.8 Å². The second-order valence-electron chi connectivity index (χ2n) is 7.54. The van der Waals surface area contributed by atoms with Crippen molar-refractivity contribution < 1.29 is 23.8 Å². The Bertz CT molecular complexity index is 1040. The van der Waals surface area contributed by atoms with Crippen molar-refractivity contribution in [3.8, 4) is 5.75 Å². The first-order valence-corrected chi connectivity index (χ1v) is 9.96. The maximum absolute atomic E-state index is 13.4. The molecule has 5 nitrogen and oxygen atoms in total. The van der Waals surface area contributed by atoms with Gasteiger partial charge in [0.2, 0.25) is 0 Å². The summed E-state index contributed by atoms with van der Waals surface area (Å²) in [4.78, 5) is 12.9. The molecule has 1 heterocycles. The van der Waals surface area contributed by atoms with Crippen molar-refractivity contribution in [2.24, 2.45) is 0 Å². The molecule has 0 saturated carbocycles. The number of hydrogen-bond acceptors (Lipinski definition) is 3. The van der Waals surface area contributed by atoms with E-state index in [0.717, 1.165) is 27.6 Å². The lowest BCUT2D eigenvalue weighted by atomic mass is 9.87. The SMILES string of the molecule is COc1cccc2ccc(COC3CN(C(=O)O)CCC3c3ccc(F)cc3)cc12. The van der Waals surface area contributed by atoms with Crippen molar-refractivity contribution in [2.45, 2.75) is 25.0 Å². The number of nitrogens with zero attached hydrogens (tertiary/aromatic N) is 1. The molecule has 0 bridgehead atoms. The van der Waals surface area contributed by atoms with Gasteiger partial charge >= 0.3 is 6.09 Å². The topological polar surface area (TPSA) is 59.0 Å². The van der Waals surface area contributed by atoms with E-state index in [1.54, 1.807) is 19.2 Å². The normalized spacial score (nSPS) is 19.1. The maximum Gasteiger partial charge on any atom is 0.407 e. The van der Waals surface area contributed by atoms with Gasteiger partial charge in [-0.15, -0.1) is 0 Å². The molecule has 1 aliphatic rings. The van der Waals surface area contributed by atoms with Crippen molar-refractivity contribution in [3.63, 3.8) is 0 Å². The molecule has 6 heteroatoms. The third kappa shape index (κ3) is 4.24. The van der Waals surface area contributed by atoms with Gasteiger partial charge in [-0.2, -0.15) is 0 Å². The van der Waals surface area contributed by atoms with Crippen molar-refractivity contribution >= 4 is 16.9 Å². The standard InChI is InChI=1S/C24H24FNO4/c1-29-22-4-2-3-17-6-5-16(13-21(17)22)15-30-23-14-26(24(27)28)12-11-20(23)18-7-9-19(25)10-8-18/h2-10,13,20,23H,11-12,14-15H2,1H3,(H,27,28). The van der Waals surface area contributed by atoms with E-state index in [0.29, 0.717) is 19.6 Å². The van der Waals surface area contributed by atoms with Gasteiger partial charge in [0.25, 0.3) is 0 Å². The highest BCUT2D eigenvalue weighted by Crippen LogP contribution is 2.32. The second-order valence-corrected chi connectivity index (χ2v) is 7.54. The maximum atomic E-state index is 13.4. The first-order valence-electron chi connectivity index (χ1n) is 9.96. The van der Waals surface area contributed by atoms with Crippen molar-refractivity contribution in [3.05, 3.63) is 77.6 Å². The van der Waals surface area contributed by atoms with Crippen LogP contribution in [-0.2, 0) is 11.3 Å². The Labute approximate surface area is 174 Å². The summed E-state index contributed by atoms with van der Waals surface area (Å²) in [5.41, 5.74) is 1.95. The number of fused-ring (bicyclic) bond motifs is 1. The second kappa shape index (κ2) is 8.71. The van der Waals surface area contributed by atoms with Crippen LogP contribution in [0.15, 0.2) is 60.7 Å². The number of halogens is 1. The highest BCUT2D eigenvalue weighted by Gasteiger charge is 2.33. The highest BCUT2D eigenvalue weighted by atomic mass is 19.1. The fourth-order valence-electron chi connectivity index (χ4n) is 4.11. The molecular weight excluding hydrogens is 385 g/mol. The third-order valence-corrected chi connectivity index (χ3v) is 5.72. The van der Waals surface area contributed by atoms with E-state index in [-0.39, 0.29) is 24.4 Å². The molecule has 1 fully saturated rings. The van der Waals surface area contributed by atoms with Gasteiger partial charge in [0.05, 0.1) is 26.4 Å². The number of ether oxygens (including phenoxy) is 2. The first-order chi connectivity index (χ1) is 14.5. The fraction of sp³-hybridized carbons (Fsp3) is 0.292. The van der Waals surface area contributed by atoms with E-state index in [9.17, 15) is 14.3 Å². The summed E-state index contributed by atoms with van der Waals surface area (Å²) in [6.45, 7) is 1.07. The van der Waals surface area contributed by atoms with Gasteiger partial charge in [-0.25, -0.2) is 9.18 Å². The molecule has 1 aliphatic heterocycles. The number of amides is 1. The number of carbonyl (C=O) groups is 1. The van der Waals surface area contributed by atoms with Crippen LogP contribution >= 0.6 is 0 Å². The summed E-state index contributed by atoms with van der Waals surface area (Å²) in [6.07, 6.45) is -0.626. The minimum Gasteiger partial charge on any atom is -0.496 e. The van der Waals surface area contributed by atoms with E-state index in [2.05, 4.69) is 0 Å². The fourth-order valence-corrected chi connectivity index (χ4v) is 4.11. The van der Waals surface area contributed by atoms with Gasteiger partial charge in [0.1, 0.15) is 11.6 Å². The van der Waals surface area contributed by atoms with Crippen LogP contribution in [0.4, 0.5) is 9.18 Å². The highest BCUT2D eigenvalue weighted by molar-refractivity contribution is 5.88. The number of carboxylic acid groups (broad SMARTS) is 1. The molecule has 3 aromatic rings. The molecule has 2 unspecified atom stereocenters. The summed E-state index contributed by atoms with van der Waals surface area (Å²) in [7, 11) is 1.65. The summed E-state index contributed by atoms with van der Waals surface area (Å²) in [5, 5.41) is 11.5. The predicted molar refractivity (Wildman–Crippen MR) is 112 cm³/mol. The van der Waals surface area contributed by atoms with Crippen molar-refractivity contribution in [1.82, 2.24) is 4.90 Å². The van der Waals surface area contributed by atoms with Gasteiger partial charge < -0.3 is 19.5 Å². The number of piperidine rings is 1. The van der Waals surface area contributed by atoms with Crippen molar-refractivity contribution in [1.29, 1.82) is 0 Å². The monoisotopic (exact) mass is 409 g/mol. The smallest absolute Gasteiger partial charge is 0.407 e. The Balaban J connectivity index is 1.55. The van der Waals surface area contributed by atoms with E-state index in [4.69, 9.17) is 9.47 Å². The third-order valence-electron chi connectivity index (χ3n) is 5.72.